The van der Waals surface area contributed by atoms with Gasteiger partial charge in [-0.15, -0.1) is 22.7 Å². The molecule has 0 radical (unpaired) electrons. The van der Waals surface area contributed by atoms with E-state index in [1.54, 1.807) is 11.3 Å². The normalized spacial score (nSPS) is 11.0. The number of hydrogen-bond acceptors (Lipinski definition) is 4. The number of thiazole rings is 1. The number of rotatable bonds is 4. The summed E-state index contributed by atoms with van der Waals surface area (Å²) in [6.45, 7) is 2.07. The molecule has 0 unspecified atom stereocenters. The molecule has 0 spiro atoms. The van der Waals surface area contributed by atoms with Crippen LogP contribution in [0.2, 0.25) is 0 Å². The molecular weight excluding hydrogens is 408 g/mol. The minimum Gasteiger partial charge on any atom is -0.298 e. The lowest BCUT2D eigenvalue weighted by atomic mass is 9.98. The van der Waals surface area contributed by atoms with E-state index in [-0.39, 0.29) is 5.91 Å². The van der Waals surface area contributed by atoms with Crippen molar-refractivity contribution >= 4 is 43.8 Å². The molecule has 5 heteroatoms. The quantitative estimate of drug-likeness (QED) is 0.329. The molecule has 3 aromatic carbocycles. The summed E-state index contributed by atoms with van der Waals surface area (Å²) in [4.78, 5) is 17.6. The van der Waals surface area contributed by atoms with Crippen molar-refractivity contribution < 1.29 is 4.79 Å². The highest BCUT2D eigenvalue weighted by molar-refractivity contribution is 7.17. The van der Waals surface area contributed by atoms with Crippen LogP contribution in [0.3, 0.4) is 0 Å². The van der Waals surface area contributed by atoms with E-state index < -0.39 is 0 Å². The molecule has 30 heavy (non-hydrogen) atoms. The number of aryl methyl sites for hydroxylation is 1. The van der Waals surface area contributed by atoms with Crippen LogP contribution in [0.4, 0.5) is 5.13 Å². The van der Waals surface area contributed by atoms with Gasteiger partial charge in [0.05, 0.1) is 5.69 Å². The van der Waals surface area contributed by atoms with Gasteiger partial charge in [-0.1, -0.05) is 60.2 Å². The lowest BCUT2D eigenvalue weighted by molar-refractivity contribution is 0.102. The van der Waals surface area contributed by atoms with Gasteiger partial charge >= 0.3 is 0 Å². The maximum atomic E-state index is 13.0. The Kier molecular flexibility index (Phi) is 4.91. The maximum absolute atomic E-state index is 13.0. The Morgan fingerprint density at radius 3 is 2.50 bits per heavy atom. The summed E-state index contributed by atoms with van der Waals surface area (Å²) in [5.74, 6) is -0.146. The standard InChI is InChI=1S/C25H18N2OS2/c1-16-7-9-17(10-8-16)21-13-19(14-23-20(21)11-12-29-23)24(28)27-25-26-22(15-30-25)18-5-3-2-4-6-18/h2-15H,1H3,(H,26,27,28). The summed E-state index contributed by atoms with van der Waals surface area (Å²) < 4.78 is 1.10. The van der Waals surface area contributed by atoms with Gasteiger partial charge < -0.3 is 0 Å². The van der Waals surface area contributed by atoms with Gasteiger partial charge in [0, 0.05) is 26.6 Å². The number of thiophene rings is 1. The number of carbonyl (C=O) groups excluding carboxylic acids is 1. The fraction of sp³-hybridized carbons (Fsp3) is 0.0400. The Labute approximate surface area is 182 Å². The minimum absolute atomic E-state index is 0.146. The molecule has 3 nitrogen and oxygen atoms in total. The number of aromatic nitrogens is 1. The third-order valence-corrected chi connectivity index (χ3v) is 6.61. The first-order chi connectivity index (χ1) is 14.7. The van der Waals surface area contributed by atoms with Crippen molar-refractivity contribution in [2.45, 2.75) is 6.92 Å². The van der Waals surface area contributed by atoms with Crippen molar-refractivity contribution in [3.8, 4) is 22.4 Å². The van der Waals surface area contributed by atoms with E-state index in [2.05, 4.69) is 52.9 Å². The van der Waals surface area contributed by atoms with Gasteiger partial charge in [-0.3, -0.25) is 10.1 Å². The number of carbonyl (C=O) groups is 1. The molecule has 0 saturated heterocycles. The molecule has 0 aliphatic carbocycles. The summed E-state index contributed by atoms with van der Waals surface area (Å²) in [5, 5.41) is 8.76. The molecular formula is C25H18N2OS2. The number of nitrogens with one attached hydrogen (secondary N) is 1. The van der Waals surface area contributed by atoms with E-state index in [4.69, 9.17) is 0 Å². The molecule has 0 bridgehead atoms. The zero-order chi connectivity index (χ0) is 20.5. The first-order valence-corrected chi connectivity index (χ1v) is 11.3. The molecule has 0 aliphatic heterocycles. The highest BCUT2D eigenvalue weighted by atomic mass is 32.1. The minimum atomic E-state index is -0.146. The van der Waals surface area contributed by atoms with Gasteiger partial charge in [-0.2, -0.15) is 0 Å². The summed E-state index contributed by atoms with van der Waals surface area (Å²) in [6, 6.07) is 24.4. The van der Waals surface area contributed by atoms with Crippen LogP contribution in [0.15, 0.2) is 83.6 Å². The van der Waals surface area contributed by atoms with Crippen molar-refractivity contribution in [1.29, 1.82) is 0 Å². The fourth-order valence-corrected chi connectivity index (χ4v) is 4.98. The van der Waals surface area contributed by atoms with Crippen molar-refractivity contribution in [1.82, 2.24) is 4.98 Å². The second kappa shape index (κ2) is 7.86. The number of nitrogens with zero attached hydrogens (tertiary/aromatic N) is 1. The fourth-order valence-electron chi connectivity index (χ4n) is 3.42. The molecule has 0 fully saturated rings. The zero-order valence-electron chi connectivity index (χ0n) is 16.3. The Bertz CT molecular complexity index is 1330. The van der Waals surface area contributed by atoms with Gasteiger partial charge in [0.25, 0.3) is 5.91 Å². The maximum Gasteiger partial charge on any atom is 0.257 e. The monoisotopic (exact) mass is 426 g/mol. The first-order valence-electron chi connectivity index (χ1n) is 9.58. The molecule has 0 atom stereocenters. The number of anilines is 1. The predicted molar refractivity (Wildman–Crippen MR) is 128 cm³/mol. The van der Waals surface area contributed by atoms with Crippen LogP contribution < -0.4 is 5.32 Å². The van der Waals surface area contributed by atoms with Crippen LogP contribution >= 0.6 is 22.7 Å². The number of amides is 1. The predicted octanol–water partition coefficient (Wildman–Crippen LogP) is 7.25. The Morgan fingerprint density at radius 1 is 0.900 bits per heavy atom. The van der Waals surface area contributed by atoms with Crippen LogP contribution in [0.1, 0.15) is 15.9 Å². The van der Waals surface area contributed by atoms with E-state index in [1.807, 2.05) is 47.8 Å². The molecule has 5 rings (SSSR count). The molecule has 146 valence electrons. The smallest absolute Gasteiger partial charge is 0.257 e. The topological polar surface area (TPSA) is 42.0 Å². The number of fused-ring (bicyclic) bond motifs is 1. The van der Waals surface area contributed by atoms with Crippen molar-refractivity contribution in [3.63, 3.8) is 0 Å². The van der Waals surface area contributed by atoms with Crippen LogP contribution in [0.25, 0.3) is 32.5 Å². The molecule has 2 heterocycles. The third kappa shape index (κ3) is 3.65. The van der Waals surface area contributed by atoms with E-state index in [0.717, 1.165) is 27.1 Å². The summed E-state index contributed by atoms with van der Waals surface area (Å²) >= 11 is 3.08. The first kappa shape index (κ1) is 18.7. The van der Waals surface area contributed by atoms with Crippen LogP contribution in [0, 0.1) is 6.92 Å². The molecule has 1 N–H and O–H groups in total. The highest BCUT2D eigenvalue weighted by Crippen LogP contribution is 2.34. The zero-order valence-corrected chi connectivity index (χ0v) is 17.9. The Morgan fingerprint density at radius 2 is 1.70 bits per heavy atom. The van der Waals surface area contributed by atoms with Gasteiger partial charge in [0.2, 0.25) is 0 Å². The average Bonchev–Trinajstić information content (AvgIpc) is 3.44. The summed E-state index contributed by atoms with van der Waals surface area (Å²) in [7, 11) is 0. The van der Waals surface area contributed by atoms with Crippen molar-refractivity contribution in [3.05, 3.63) is 94.7 Å². The van der Waals surface area contributed by atoms with Gasteiger partial charge in [0.15, 0.2) is 5.13 Å². The molecule has 1 amide bonds. The Balaban J connectivity index is 1.47. The molecule has 5 aromatic rings. The summed E-state index contributed by atoms with van der Waals surface area (Å²) in [5.41, 5.74) is 5.94. The van der Waals surface area contributed by atoms with Gasteiger partial charge in [-0.25, -0.2) is 4.98 Å². The highest BCUT2D eigenvalue weighted by Gasteiger charge is 2.14. The lowest BCUT2D eigenvalue weighted by Crippen LogP contribution is -2.11. The average molecular weight is 427 g/mol. The van der Waals surface area contributed by atoms with Crippen molar-refractivity contribution in [2.24, 2.45) is 0 Å². The molecule has 0 aliphatic rings. The number of benzene rings is 3. The Hall–Kier alpha value is -3.28. The number of hydrogen-bond donors (Lipinski definition) is 1. The van der Waals surface area contributed by atoms with Crippen LogP contribution in [0.5, 0.6) is 0 Å². The third-order valence-electron chi connectivity index (χ3n) is 4.99. The van der Waals surface area contributed by atoms with E-state index in [9.17, 15) is 4.79 Å². The van der Waals surface area contributed by atoms with Gasteiger partial charge in [0.1, 0.15) is 0 Å². The van der Waals surface area contributed by atoms with Crippen LogP contribution in [-0.2, 0) is 0 Å². The van der Waals surface area contributed by atoms with Crippen molar-refractivity contribution in [2.75, 3.05) is 5.32 Å². The van der Waals surface area contributed by atoms with E-state index >= 15 is 0 Å². The largest absolute Gasteiger partial charge is 0.298 e. The lowest BCUT2D eigenvalue weighted by Gasteiger charge is -2.09. The van der Waals surface area contributed by atoms with Crippen LogP contribution in [-0.4, -0.2) is 10.9 Å². The second-order valence-electron chi connectivity index (χ2n) is 7.08. The second-order valence-corrected chi connectivity index (χ2v) is 8.89. The molecule has 2 aromatic heterocycles. The van der Waals surface area contributed by atoms with Gasteiger partial charge in [-0.05, 0) is 41.6 Å². The van der Waals surface area contributed by atoms with E-state index in [0.29, 0.717) is 10.7 Å². The SMILES string of the molecule is Cc1ccc(-c2cc(C(=O)Nc3nc(-c4ccccc4)cs3)cc3sccc23)cc1. The summed E-state index contributed by atoms with van der Waals surface area (Å²) in [6.07, 6.45) is 0. The van der Waals surface area contributed by atoms with E-state index in [1.165, 1.54) is 22.3 Å². The molecule has 0 saturated carbocycles.